The fourth-order valence-electron chi connectivity index (χ4n) is 3.96. The van der Waals surface area contributed by atoms with E-state index in [1.165, 1.54) is 24.9 Å². The molecule has 7 nitrogen and oxygen atoms in total. The third-order valence-corrected chi connectivity index (χ3v) is 6.68. The average Bonchev–Trinajstić information content (AvgIpc) is 3.20. The van der Waals surface area contributed by atoms with Crippen molar-refractivity contribution in [1.82, 2.24) is 4.57 Å². The number of nitro groups is 1. The highest BCUT2D eigenvalue weighted by atomic mass is 32.2. The number of unbranched alkanes of at least 4 members (excludes halogenated alkanes) is 4. The van der Waals surface area contributed by atoms with Crippen LogP contribution < -0.4 is 5.56 Å². The lowest BCUT2D eigenvalue weighted by Gasteiger charge is -2.18. The summed E-state index contributed by atoms with van der Waals surface area (Å²) < 4.78 is 33.5. The van der Waals surface area contributed by atoms with E-state index in [9.17, 15) is 28.5 Å². The molecule has 0 fully saturated rings. The van der Waals surface area contributed by atoms with E-state index in [1.54, 1.807) is 0 Å². The van der Waals surface area contributed by atoms with Crippen molar-refractivity contribution in [3.05, 3.63) is 55.9 Å². The van der Waals surface area contributed by atoms with Gasteiger partial charge in [0.05, 0.1) is 17.1 Å². The minimum Gasteiger partial charge on any atom is -0.467 e. The molecule has 1 aromatic heterocycles. The van der Waals surface area contributed by atoms with Crippen LogP contribution in [-0.2, 0) is 16.0 Å². The maximum Gasteiger partial charge on any atom is 0.337 e. The Morgan fingerprint density at radius 1 is 1.25 bits per heavy atom. The lowest BCUT2D eigenvalue weighted by Crippen LogP contribution is -2.32. The highest BCUT2D eigenvalue weighted by molar-refractivity contribution is 7.99. The number of thioether (sulfide) groups is 1. The number of methoxy groups -OCH3 is 1. The number of carbonyl (C=O) groups excluding carboxylic acids is 1. The van der Waals surface area contributed by atoms with E-state index in [0.717, 1.165) is 42.4 Å². The van der Waals surface area contributed by atoms with Crippen molar-refractivity contribution < 1.29 is 23.2 Å². The van der Waals surface area contributed by atoms with Gasteiger partial charge in [-0.05, 0) is 30.5 Å². The van der Waals surface area contributed by atoms with Gasteiger partial charge in [-0.1, -0.05) is 38.7 Å². The van der Waals surface area contributed by atoms with E-state index in [1.807, 2.05) is 0 Å². The molecule has 3 rings (SSSR count). The summed E-state index contributed by atoms with van der Waals surface area (Å²) in [5, 5.41) is 12.3. The molecule has 0 unspecified atom stereocenters. The predicted molar refractivity (Wildman–Crippen MR) is 117 cm³/mol. The fourth-order valence-corrected chi connectivity index (χ4v) is 5.29. The number of hydrogen-bond donors (Lipinski definition) is 0. The second kappa shape index (κ2) is 10.2. The minimum atomic E-state index is -1.10. The van der Waals surface area contributed by atoms with Crippen LogP contribution in [0.5, 0.6) is 0 Å². The molecule has 0 saturated carbocycles. The highest BCUT2D eigenvalue weighted by Gasteiger charge is 2.39. The monoisotopic (exact) mass is 466 g/mol. The number of fused-ring (bicyclic) bond motifs is 1. The number of ether oxygens (including phenoxy) is 1. The van der Waals surface area contributed by atoms with Crippen LogP contribution in [-0.4, -0.2) is 28.3 Å². The zero-order chi connectivity index (χ0) is 23.4. The Hall–Kier alpha value is -2.75. The minimum absolute atomic E-state index is 0.149. The maximum atomic E-state index is 14.1. The van der Waals surface area contributed by atoms with E-state index in [2.05, 4.69) is 6.92 Å². The van der Waals surface area contributed by atoms with Gasteiger partial charge in [-0.15, -0.1) is 11.8 Å². The van der Waals surface area contributed by atoms with Gasteiger partial charge in [-0.3, -0.25) is 19.5 Å². The van der Waals surface area contributed by atoms with E-state index in [0.29, 0.717) is 17.0 Å². The first-order valence-electron chi connectivity index (χ1n) is 10.4. The Kier molecular flexibility index (Phi) is 7.65. The molecule has 0 aliphatic carbocycles. The van der Waals surface area contributed by atoms with Crippen molar-refractivity contribution in [1.29, 1.82) is 0 Å². The number of carbonyl (C=O) groups is 1. The Bertz CT molecular complexity index is 1100. The third kappa shape index (κ3) is 4.55. The molecule has 2 heterocycles. The van der Waals surface area contributed by atoms with Crippen LogP contribution in [0.4, 0.5) is 14.5 Å². The summed E-state index contributed by atoms with van der Waals surface area (Å²) in [7, 11) is 1.17. The summed E-state index contributed by atoms with van der Waals surface area (Å²) in [6.45, 7) is 2.07. The zero-order valence-electron chi connectivity index (χ0n) is 17.9. The van der Waals surface area contributed by atoms with E-state index < -0.39 is 39.8 Å². The smallest absolute Gasteiger partial charge is 0.337 e. The lowest BCUT2D eigenvalue weighted by molar-refractivity contribution is -0.387. The Morgan fingerprint density at radius 3 is 2.59 bits per heavy atom. The van der Waals surface area contributed by atoms with Gasteiger partial charge in [0.1, 0.15) is 6.04 Å². The van der Waals surface area contributed by atoms with Gasteiger partial charge in [0.25, 0.3) is 0 Å². The number of aromatic nitrogens is 1. The van der Waals surface area contributed by atoms with Crippen molar-refractivity contribution in [2.45, 2.75) is 56.5 Å². The first-order valence-corrected chi connectivity index (χ1v) is 11.4. The highest BCUT2D eigenvalue weighted by Crippen LogP contribution is 2.44. The molecule has 1 atom stereocenters. The Balaban J connectivity index is 2.25. The van der Waals surface area contributed by atoms with Crippen LogP contribution in [0.25, 0.3) is 11.1 Å². The van der Waals surface area contributed by atoms with Crippen LogP contribution in [0.2, 0.25) is 0 Å². The molecule has 0 amide bonds. The van der Waals surface area contributed by atoms with Gasteiger partial charge in [0.2, 0.25) is 0 Å². The lowest BCUT2D eigenvalue weighted by atomic mass is 9.95. The molecule has 0 saturated heterocycles. The molecule has 0 spiro atoms. The second-order valence-corrected chi connectivity index (χ2v) is 8.59. The largest absolute Gasteiger partial charge is 0.467 e. The van der Waals surface area contributed by atoms with Crippen LogP contribution in [0.15, 0.2) is 28.0 Å². The van der Waals surface area contributed by atoms with Gasteiger partial charge >= 0.3 is 17.2 Å². The summed E-state index contributed by atoms with van der Waals surface area (Å²) in [6, 6.07) is 2.21. The second-order valence-electron chi connectivity index (χ2n) is 7.58. The summed E-state index contributed by atoms with van der Waals surface area (Å²) in [6.07, 6.45) is 4.67. The summed E-state index contributed by atoms with van der Waals surface area (Å²) >= 11 is 1.17. The molecule has 0 N–H and O–H groups in total. The summed E-state index contributed by atoms with van der Waals surface area (Å²) in [4.78, 5) is 36.6. The third-order valence-electron chi connectivity index (χ3n) is 5.53. The Morgan fingerprint density at radius 2 is 1.97 bits per heavy atom. The standard InChI is InChI=1S/C22H24F2N2O5S/c1-3-4-5-6-7-8-14-18(13-9-10-15(23)16(24)11-13)21-25(20(27)19(14)26(29)30)17(12-32-21)22(28)31-2/h9-11,17H,3-8,12H2,1-2H3/t17-/m0/s1. The van der Waals surface area contributed by atoms with Crippen molar-refractivity contribution in [2.75, 3.05) is 12.9 Å². The number of rotatable bonds is 9. The van der Waals surface area contributed by atoms with Crippen LogP contribution in [0.1, 0.15) is 50.6 Å². The molecule has 2 aromatic rings. The van der Waals surface area contributed by atoms with Gasteiger partial charge in [-0.25, -0.2) is 13.6 Å². The molecule has 172 valence electrons. The molecule has 0 bridgehead atoms. The van der Waals surface area contributed by atoms with Gasteiger partial charge < -0.3 is 4.74 Å². The first kappa shape index (κ1) is 23.9. The predicted octanol–water partition coefficient (Wildman–Crippen LogP) is 5.03. The molecular formula is C22H24F2N2O5S. The van der Waals surface area contributed by atoms with Crippen LogP contribution in [0, 0.1) is 21.7 Å². The van der Waals surface area contributed by atoms with E-state index in [-0.39, 0.29) is 23.3 Å². The van der Waals surface area contributed by atoms with E-state index in [4.69, 9.17) is 4.74 Å². The number of nitrogens with zero attached hydrogens (tertiary/aromatic N) is 2. The van der Waals surface area contributed by atoms with Gasteiger partial charge in [0, 0.05) is 16.9 Å². The van der Waals surface area contributed by atoms with Gasteiger partial charge in [0.15, 0.2) is 11.6 Å². The average molecular weight is 467 g/mol. The van der Waals surface area contributed by atoms with E-state index >= 15 is 0 Å². The Labute approximate surface area is 187 Å². The number of benzene rings is 1. The molecule has 0 radical (unpaired) electrons. The fraction of sp³-hybridized carbons (Fsp3) is 0.455. The molecular weight excluding hydrogens is 442 g/mol. The van der Waals surface area contributed by atoms with Gasteiger partial charge in [-0.2, -0.15) is 0 Å². The normalized spacial score (nSPS) is 14.9. The number of pyridine rings is 1. The number of hydrogen-bond acceptors (Lipinski definition) is 6. The topological polar surface area (TPSA) is 91.4 Å². The van der Waals surface area contributed by atoms with Crippen molar-refractivity contribution >= 4 is 23.4 Å². The molecule has 1 aliphatic rings. The SMILES string of the molecule is CCCCCCCc1c(-c2ccc(F)c(F)c2)c2n(c(=O)c1[N+](=O)[O-])[C@H](C(=O)OC)CS2. The quantitative estimate of drug-likeness (QED) is 0.223. The van der Waals surface area contributed by atoms with Crippen LogP contribution in [0.3, 0.4) is 0 Å². The maximum absolute atomic E-state index is 14.1. The molecule has 32 heavy (non-hydrogen) atoms. The molecule has 1 aliphatic heterocycles. The number of halogens is 2. The molecule has 10 heteroatoms. The number of esters is 1. The van der Waals surface area contributed by atoms with Crippen molar-refractivity contribution in [3.63, 3.8) is 0 Å². The van der Waals surface area contributed by atoms with Crippen LogP contribution >= 0.6 is 11.8 Å². The first-order chi connectivity index (χ1) is 15.3. The summed E-state index contributed by atoms with van der Waals surface area (Å²) in [5.41, 5.74) is -0.827. The van der Waals surface area contributed by atoms with Crippen molar-refractivity contribution in [2.24, 2.45) is 0 Å². The van der Waals surface area contributed by atoms with Crippen molar-refractivity contribution in [3.8, 4) is 11.1 Å². The molecule has 1 aromatic carbocycles. The zero-order valence-corrected chi connectivity index (χ0v) is 18.7. The summed E-state index contributed by atoms with van der Waals surface area (Å²) in [5.74, 6) is -2.70.